The standard InChI is InChI=1S/C42H43ClFNO4/c1-27-8-7-20-41(2)36(19-21-42(41)26-45(40(48)49-42)25-30-11-5-10-29-9-3-4-12-32(29)30)33-18-16-28(22-31(46)17-15-27)23-34(33)39(47)24-35-37(43)13-6-14-38(35)44/h3-6,8-14,16,18,23,31,36,46H,7,15,17,19-22,24-26H2,1-2H3. The van der Waals surface area contributed by atoms with Gasteiger partial charge in [-0.15, -0.1) is 0 Å². The Hall–Kier alpha value is -4.00. The minimum atomic E-state index is -0.748. The van der Waals surface area contributed by atoms with Gasteiger partial charge in [0.15, 0.2) is 5.78 Å². The highest BCUT2D eigenvalue weighted by Gasteiger charge is 2.64. The molecule has 2 fully saturated rings. The molecule has 254 valence electrons. The molecule has 8 rings (SSSR count). The van der Waals surface area contributed by atoms with Crippen LogP contribution in [0.15, 0.2) is 90.5 Å². The number of allylic oxidation sites excluding steroid dienone is 2. The van der Waals surface area contributed by atoms with Crippen molar-refractivity contribution in [2.75, 3.05) is 6.54 Å². The highest BCUT2D eigenvalue weighted by atomic mass is 35.5. The van der Waals surface area contributed by atoms with Gasteiger partial charge in [0.1, 0.15) is 11.4 Å². The Labute approximate surface area is 292 Å². The van der Waals surface area contributed by atoms with Crippen LogP contribution in [0, 0.1) is 11.2 Å². The first-order valence-electron chi connectivity index (χ1n) is 17.4. The molecule has 4 aliphatic rings. The number of carbonyl (C=O) groups excluding carboxylic acids is 2. The fraction of sp³-hybridized carbons (Fsp3) is 0.381. The van der Waals surface area contributed by atoms with Crippen LogP contribution in [0.3, 0.4) is 0 Å². The number of aliphatic hydroxyl groups is 1. The van der Waals surface area contributed by atoms with Crippen molar-refractivity contribution in [3.8, 4) is 0 Å². The summed E-state index contributed by atoms with van der Waals surface area (Å²) in [6.07, 6.45) is 5.96. The average Bonchev–Trinajstić information content (AvgIpc) is 3.55. The van der Waals surface area contributed by atoms with E-state index in [2.05, 4.69) is 44.2 Å². The second-order valence-corrected chi connectivity index (χ2v) is 15.0. The molecular weight excluding hydrogens is 637 g/mol. The lowest BCUT2D eigenvalue weighted by Gasteiger charge is -2.43. The predicted octanol–water partition coefficient (Wildman–Crippen LogP) is 9.76. The summed E-state index contributed by atoms with van der Waals surface area (Å²) in [6, 6.07) is 24.8. The zero-order chi connectivity index (χ0) is 34.3. The predicted molar refractivity (Wildman–Crippen MR) is 191 cm³/mol. The van der Waals surface area contributed by atoms with E-state index in [1.165, 1.54) is 17.7 Å². The lowest BCUT2D eigenvalue weighted by atomic mass is 9.64. The van der Waals surface area contributed by atoms with Gasteiger partial charge in [0.25, 0.3) is 0 Å². The zero-order valence-electron chi connectivity index (χ0n) is 28.2. The summed E-state index contributed by atoms with van der Waals surface area (Å²) in [5, 5.41) is 13.4. The number of hydrogen-bond donors (Lipinski definition) is 1. The van der Waals surface area contributed by atoms with Crippen LogP contribution in [-0.4, -0.2) is 40.1 Å². The lowest BCUT2D eigenvalue weighted by Crippen LogP contribution is -2.48. The number of halogens is 2. The van der Waals surface area contributed by atoms with Crippen molar-refractivity contribution >= 4 is 34.2 Å². The van der Waals surface area contributed by atoms with Crippen molar-refractivity contribution < 1.29 is 23.8 Å². The Kier molecular flexibility index (Phi) is 9.14. The minimum Gasteiger partial charge on any atom is -0.440 e. The van der Waals surface area contributed by atoms with Gasteiger partial charge in [0.2, 0.25) is 0 Å². The molecule has 5 nitrogen and oxygen atoms in total. The first kappa shape index (κ1) is 33.5. The first-order chi connectivity index (χ1) is 23.6. The van der Waals surface area contributed by atoms with E-state index in [9.17, 15) is 19.1 Å². The number of carbonyl (C=O) groups is 2. The maximum atomic E-state index is 14.9. The number of aliphatic hydroxyl groups excluding tert-OH is 1. The SMILES string of the molecule is CC1=CCCC2(C)C(CCC23CN(Cc2cccc4ccccc24)C(=O)O3)c2ccc(cc2C(=O)Cc2c(F)cccc2Cl)CC(O)CC1. The van der Waals surface area contributed by atoms with E-state index in [-0.39, 0.29) is 34.8 Å². The molecule has 4 unspecified atom stereocenters. The van der Waals surface area contributed by atoms with Gasteiger partial charge in [-0.2, -0.15) is 0 Å². The number of Topliss-reactive ketones (excluding diaryl/α,β-unsaturated/α-hetero) is 1. The number of amides is 1. The molecule has 1 spiro atoms. The van der Waals surface area contributed by atoms with Gasteiger partial charge in [-0.3, -0.25) is 9.69 Å². The van der Waals surface area contributed by atoms with Gasteiger partial charge < -0.3 is 9.84 Å². The number of ketones is 1. The second kappa shape index (κ2) is 13.4. The second-order valence-electron chi connectivity index (χ2n) is 14.6. The zero-order valence-corrected chi connectivity index (χ0v) is 28.9. The van der Waals surface area contributed by atoms with Gasteiger partial charge in [-0.1, -0.05) is 90.8 Å². The monoisotopic (exact) mass is 679 g/mol. The van der Waals surface area contributed by atoms with Crippen molar-refractivity contribution in [3.05, 3.63) is 129 Å². The van der Waals surface area contributed by atoms with E-state index in [4.69, 9.17) is 16.3 Å². The minimum absolute atomic E-state index is 0.0940. The van der Waals surface area contributed by atoms with Gasteiger partial charge in [0.05, 0.1) is 12.6 Å². The molecule has 1 N–H and O–H groups in total. The first-order valence-corrected chi connectivity index (χ1v) is 17.8. The lowest BCUT2D eigenvalue weighted by molar-refractivity contribution is -0.0373. The van der Waals surface area contributed by atoms with E-state index >= 15 is 0 Å². The number of rotatable bonds is 5. The third-order valence-electron chi connectivity index (χ3n) is 11.6. The van der Waals surface area contributed by atoms with Crippen LogP contribution in [0.5, 0.6) is 0 Å². The van der Waals surface area contributed by atoms with E-state index in [1.807, 2.05) is 41.3 Å². The Morgan fingerprint density at radius 1 is 1.04 bits per heavy atom. The molecular formula is C42H43ClFNO4. The molecule has 4 aromatic carbocycles. The maximum Gasteiger partial charge on any atom is 0.410 e. The molecule has 0 radical (unpaired) electrons. The molecule has 2 bridgehead atoms. The third-order valence-corrected chi connectivity index (χ3v) is 11.9. The molecule has 1 heterocycles. The van der Waals surface area contributed by atoms with Crippen LogP contribution in [0.2, 0.25) is 5.02 Å². The maximum absolute atomic E-state index is 14.9. The van der Waals surface area contributed by atoms with Gasteiger partial charge in [-0.25, -0.2) is 9.18 Å². The van der Waals surface area contributed by atoms with Crippen LogP contribution >= 0.6 is 11.6 Å². The molecule has 7 heteroatoms. The Morgan fingerprint density at radius 2 is 1.84 bits per heavy atom. The molecule has 49 heavy (non-hydrogen) atoms. The van der Waals surface area contributed by atoms with Crippen molar-refractivity contribution in [1.29, 1.82) is 0 Å². The molecule has 1 amide bonds. The molecule has 4 aromatic rings. The van der Waals surface area contributed by atoms with E-state index in [1.54, 1.807) is 6.07 Å². The number of hydrogen-bond acceptors (Lipinski definition) is 4. The number of benzene rings is 4. The highest BCUT2D eigenvalue weighted by Crippen LogP contribution is 2.62. The molecule has 3 aliphatic carbocycles. The Bertz CT molecular complexity index is 1930. The van der Waals surface area contributed by atoms with Crippen molar-refractivity contribution in [1.82, 2.24) is 4.90 Å². The summed E-state index contributed by atoms with van der Waals surface area (Å²) < 4.78 is 21.5. The molecule has 1 saturated heterocycles. The van der Waals surface area contributed by atoms with Crippen LogP contribution < -0.4 is 0 Å². The summed E-state index contributed by atoms with van der Waals surface area (Å²) >= 11 is 6.38. The van der Waals surface area contributed by atoms with Crippen LogP contribution in [-0.2, 0) is 24.1 Å². The molecule has 4 atom stereocenters. The van der Waals surface area contributed by atoms with Crippen LogP contribution in [0.25, 0.3) is 10.8 Å². The van der Waals surface area contributed by atoms with Crippen molar-refractivity contribution in [3.63, 3.8) is 0 Å². The highest BCUT2D eigenvalue weighted by molar-refractivity contribution is 6.31. The number of ether oxygens (including phenoxy) is 1. The fourth-order valence-corrected chi connectivity index (χ4v) is 8.97. The van der Waals surface area contributed by atoms with Crippen LogP contribution in [0.4, 0.5) is 9.18 Å². The van der Waals surface area contributed by atoms with E-state index in [0.29, 0.717) is 37.9 Å². The third kappa shape index (κ3) is 6.30. The molecule has 1 aliphatic heterocycles. The van der Waals surface area contributed by atoms with Crippen LogP contribution in [0.1, 0.15) is 90.9 Å². The van der Waals surface area contributed by atoms with E-state index < -0.39 is 22.9 Å². The van der Waals surface area contributed by atoms with Crippen molar-refractivity contribution in [2.45, 2.75) is 89.4 Å². The quantitative estimate of drug-likeness (QED) is 0.168. The fourth-order valence-electron chi connectivity index (χ4n) is 8.74. The Morgan fingerprint density at radius 3 is 2.67 bits per heavy atom. The number of fused-ring (bicyclic) bond motifs is 9. The average molecular weight is 680 g/mol. The summed E-state index contributed by atoms with van der Waals surface area (Å²) in [6.45, 7) is 5.26. The Balaban J connectivity index is 1.28. The van der Waals surface area contributed by atoms with Gasteiger partial charge in [-0.05, 0) is 103 Å². The van der Waals surface area contributed by atoms with Gasteiger partial charge >= 0.3 is 6.09 Å². The topological polar surface area (TPSA) is 66.8 Å². The van der Waals surface area contributed by atoms with Gasteiger partial charge in [0, 0.05) is 34.5 Å². The largest absolute Gasteiger partial charge is 0.440 e. The van der Waals surface area contributed by atoms with E-state index in [0.717, 1.165) is 53.1 Å². The molecule has 1 saturated carbocycles. The molecule has 0 aromatic heterocycles. The summed E-state index contributed by atoms with van der Waals surface area (Å²) in [5.41, 5.74) is 3.52. The normalized spacial score (nSPS) is 25.7. The summed E-state index contributed by atoms with van der Waals surface area (Å²) in [4.78, 5) is 29.8. The number of nitrogens with zero attached hydrogens (tertiary/aromatic N) is 1. The van der Waals surface area contributed by atoms with Crippen molar-refractivity contribution in [2.24, 2.45) is 5.41 Å². The smallest absolute Gasteiger partial charge is 0.410 e. The summed E-state index contributed by atoms with van der Waals surface area (Å²) in [5.74, 6) is -0.818. The summed E-state index contributed by atoms with van der Waals surface area (Å²) in [7, 11) is 0.